The molecule has 4 nitrogen and oxygen atoms in total. The third-order valence-electron chi connectivity index (χ3n) is 4.86. The monoisotopic (exact) mass is 247 g/mol. The molecule has 4 heteroatoms. The summed E-state index contributed by atoms with van der Waals surface area (Å²) < 4.78 is 5.55. The van der Waals surface area contributed by atoms with Crippen LogP contribution < -0.4 is 5.32 Å². The Morgan fingerprint density at radius 1 is 1.17 bits per heavy atom. The standard InChI is InChI=1S/C14H21N3O/c1-8-11(6-7-15-8)14-16-13(17-18-14)12(9-2-3-9)10-4-5-10/h8-12,15H,2-7H2,1H3. The van der Waals surface area contributed by atoms with Crippen LogP contribution in [-0.4, -0.2) is 22.7 Å². The smallest absolute Gasteiger partial charge is 0.231 e. The molecule has 1 saturated heterocycles. The number of aromatic nitrogens is 2. The summed E-state index contributed by atoms with van der Waals surface area (Å²) in [4.78, 5) is 4.75. The van der Waals surface area contributed by atoms with E-state index in [0.717, 1.165) is 36.5 Å². The molecule has 0 amide bonds. The van der Waals surface area contributed by atoms with Crippen LogP contribution in [0.5, 0.6) is 0 Å². The SMILES string of the molecule is CC1NCCC1c1nc(C(C2CC2)C2CC2)no1. The molecule has 0 bridgehead atoms. The highest BCUT2D eigenvalue weighted by Gasteiger charge is 2.45. The lowest BCUT2D eigenvalue weighted by atomic mass is 9.97. The first-order valence-corrected chi connectivity index (χ1v) is 7.40. The van der Waals surface area contributed by atoms with E-state index >= 15 is 0 Å². The van der Waals surface area contributed by atoms with Crippen molar-refractivity contribution in [2.24, 2.45) is 11.8 Å². The highest BCUT2D eigenvalue weighted by Crippen LogP contribution is 2.53. The summed E-state index contributed by atoms with van der Waals surface area (Å²) in [5, 5.41) is 7.75. The van der Waals surface area contributed by atoms with Gasteiger partial charge in [0.15, 0.2) is 5.82 Å². The molecular weight excluding hydrogens is 226 g/mol. The molecule has 3 aliphatic rings. The first-order valence-electron chi connectivity index (χ1n) is 7.40. The minimum absolute atomic E-state index is 0.422. The van der Waals surface area contributed by atoms with Crippen molar-refractivity contribution < 1.29 is 4.52 Å². The summed E-state index contributed by atoms with van der Waals surface area (Å²) in [6.07, 6.45) is 6.60. The van der Waals surface area contributed by atoms with Gasteiger partial charge in [0.1, 0.15) is 0 Å². The number of rotatable bonds is 4. The number of nitrogens with one attached hydrogen (secondary N) is 1. The topological polar surface area (TPSA) is 51.0 Å². The lowest BCUT2D eigenvalue weighted by molar-refractivity contribution is 0.336. The molecular formula is C14H21N3O. The molecule has 2 heterocycles. The Hall–Kier alpha value is -0.900. The molecule has 2 unspecified atom stereocenters. The Morgan fingerprint density at radius 2 is 1.89 bits per heavy atom. The highest BCUT2D eigenvalue weighted by molar-refractivity contribution is 5.11. The van der Waals surface area contributed by atoms with Gasteiger partial charge in [-0.25, -0.2) is 0 Å². The van der Waals surface area contributed by atoms with E-state index in [4.69, 9.17) is 9.51 Å². The molecule has 3 fully saturated rings. The summed E-state index contributed by atoms with van der Waals surface area (Å²) in [5.41, 5.74) is 0. The van der Waals surface area contributed by atoms with E-state index in [0.29, 0.717) is 17.9 Å². The first kappa shape index (κ1) is 11.0. The zero-order chi connectivity index (χ0) is 12.1. The lowest BCUT2D eigenvalue weighted by Crippen LogP contribution is -2.21. The van der Waals surface area contributed by atoms with E-state index in [2.05, 4.69) is 17.4 Å². The van der Waals surface area contributed by atoms with Crippen LogP contribution in [0.1, 0.15) is 62.6 Å². The van der Waals surface area contributed by atoms with Crippen LogP contribution in [0.3, 0.4) is 0 Å². The van der Waals surface area contributed by atoms with Crippen molar-refractivity contribution in [2.75, 3.05) is 6.54 Å². The van der Waals surface area contributed by atoms with E-state index in [1.165, 1.54) is 25.7 Å². The van der Waals surface area contributed by atoms with Gasteiger partial charge >= 0.3 is 0 Å². The first-order chi connectivity index (χ1) is 8.83. The van der Waals surface area contributed by atoms with Crippen LogP contribution in [-0.2, 0) is 0 Å². The number of nitrogens with zero attached hydrogens (tertiary/aromatic N) is 2. The number of hydrogen-bond donors (Lipinski definition) is 1. The Labute approximate surface area is 108 Å². The average Bonchev–Trinajstić information content (AvgIpc) is 3.26. The van der Waals surface area contributed by atoms with Crippen molar-refractivity contribution in [1.29, 1.82) is 0 Å². The van der Waals surface area contributed by atoms with Crippen LogP contribution in [0.2, 0.25) is 0 Å². The minimum Gasteiger partial charge on any atom is -0.339 e. The summed E-state index contributed by atoms with van der Waals surface area (Å²) in [5.74, 6) is 4.60. The van der Waals surface area contributed by atoms with Crippen LogP contribution >= 0.6 is 0 Å². The van der Waals surface area contributed by atoms with Crippen molar-refractivity contribution in [3.05, 3.63) is 11.7 Å². The molecule has 18 heavy (non-hydrogen) atoms. The maximum absolute atomic E-state index is 5.55. The van der Waals surface area contributed by atoms with Gasteiger partial charge in [0, 0.05) is 12.0 Å². The molecule has 0 radical (unpaired) electrons. The quantitative estimate of drug-likeness (QED) is 0.888. The zero-order valence-electron chi connectivity index (χ0n) is 10.9. The molecule has 1 N–H and O–H groups in total. The van der Waals surface area contributed by atoms with E-state index in [1.54, 1.807) is 0 Å². The van der Waals surface area contributed by atoms with Gasteiger partial charge in [-0.1, -0.05) is 5.16 Å². The molecule has 0 aromatic carbocycles. The maximum atomic E-state index is 5.55. The summed E-state index contributed by atoms with van der Waals surface area (Å²) >= 11 is 0. The predicted octanol–water partition coefficient (Wildman–Crippen LogP) is 2.44. The predicted molar refractivity (Wildman–Crippen MR) is 67.3 cm³/mol. The fourth-order valence-corrected chi connectivity index (χ4v) is 3.45. The molecule has 0 spiro atoms. The summed E-state index contributed by atoms with van der Waals surface area (Å²) in [7, 11) is 0. The largest absolute Gasteiger partial charge is 0.339 e. The van der Waals surface area contributed by atoms with Crippen molar-refractivity contribution in [1.82, 2.24) is 15.5 Å². The Bertz CT molecular complexity index is 424. The number of hydrogen-bond acceptors (Lipinski definition) is 4. The van der Waals surface area contributed by atoms with Crippen molar-refractivity contribution >= 4 is 0 Å². The van der Waals surface area contributed by atoms with Crippen molar-refractivity contribution in [2.45, 2.75) is 56.9 Å². The van der Waals surface area contributed by atoms with Gasteiger partial charge in [0.2, 0.25) is 5.89 Å². The van der Waals surface area contributed by atoms with E-state index in [9.17, 15) is 0 Å². The Kier molecular flexibility index (Phi) is 2.47. The molecule has 98 valence electrons. The molecule has 2 saturated carbocycles. The van der Waals surface area contributed by atoms with Crippen LogP contribution in [0.4, 0.5) is 0 Å². The van der Waals surface area contributed by atoms with Crippen molar-refractivity contribution in [3.63, 3.8) is 0 Å². The maximum Gasteiger partial charge on any atom is 0.231 e. The highest BCUT2D eigenvalue weighted by atomic mass is 16.5. The zero-order valence-corrected chi connectivity index (χ0v) is 10.9. The van der Waals surface area contributed by atoms with Gasteiger partial charge in [-0.3, -0.25) is 0 Å². The van der Waals surface area contributed by atoms with Gasteiger partial charge in [0.05, 0.1) is 5.92 Å². The fraction of sp³-hybridized carbons (Fsp3) is 0.857. The van der Waals surface area contributed by atoms with Gasteiger partial charge < -0.3 is 9.84 Å². The fourth-order valence-electron chi connectivity index (χ4n) is 3.45. The summed E-state index contributed by atoms with van der Waals surface area (Å²) in [6.45, 7) is 3.28. The van der Waals surface area contributed by atoms with Gasteiger partial charge in [-0.2, -0.15) is 4.98 Å². The molecule has 1 aliphatic heterocycles. The average molecular weight is 247 g/mol. The van der Waals surface area contributed by atoms with Gasteiger partial charge in [-0.05, 0) is 57.4 Å². The molecule has 2 aliphatic carbocycles. The lowest BCUT2D eigenvalue weighted by Gasteiger charge is -2.10. The minimum atomic E-state index is 0.422. The van der Waals surface area contributed by atoms with Crippen LogP contribution in [0.25, 0.3) is 0 Å². The second-order valence-electron chi connectivity index (χ2n) is 6.33. The van der Waals surface area contributed by atoms with Gasteiger partial charge in [0.25, 0.3) is 0 Å². The Balaban J connectivity index is 1.56. The van der Waals surface area contributed by atoms with Crippen molar-refractivity contribution in [3.8, 4) is 0 Å². The molecule has 1 aromatic heterocycles. The second kappa shape index (κ2) is 4.05. The van der Waals surface area contributed by atoms with Gasteiger partial charge in [-0.15, -0.1) is 0 Å². The Morgan fingerprint density at radius 3 is 2.44 bits per heavy atom. The van der Waals surface area contributed by atoms with Crippen LogP contribution in [0.15, 0.2) is 4.52 Å². The molecule has 1 aromatic rings. The second-order valence-corrected chi connectivity index (χ2v) is 6.33. The van der Waals surface area contributed by atoms with E-state index < -0.39 is 0 Å². The third kappa shape index (κ3) is 1.87. The van der Waals surface area contributed by atoms with E-state index in [-0.39, 0.29) is 0 Å². The summed E-state index contributed by atoms with van der Waals surface area (Å²) in [6, 6.07) is 0.471. The normalized spacial score (nSPS) is 32.3. The molecule has 4 rings (SSSR count). The third-order valence-corrected chi connectivity index (χ3v) is 4.86. The molecule has 2 atom stereocenters. The van der Waals surface area contributed by atoms with Crippen LogP contribution in [0, 0.1) is 11.8 Å². The van der Waals surface area contributed by atoms with E-state index in [1.807, 2.05) is 0 Å².